The molecule has 0 aromatic carbocycles. The van der Waals surface area contributed by atoms with Crippen LogP contribution in [0.25, 0.3) is 0 Å². The van der Waals surface area contributed by atoms with Crippen LogP contribution in [0.2, 0.25) is 0 Å². The Hall–Kier alpha value is -0.550. The third kappa shape index (κ3) is 25.5. The van der Waals surface area contributed by atoms with Crippen molar-refractivity contribution in [1.29, 1.82) is 0 Å². The van der Waals surface area contributed by atoms with Crippen molar-refractivity contribution in [2.75, 3.05) is 0 Å². The lowest BCUT2D eigenvalue weighted by molar-refractivity contribution is 0.355. The Morgan fingerprint density at radius 1 is 0.630 bits per heavy atom. The quantitative estimate of drug-likeness (QED) is 0.121. The number of rotatable bonds is 21. The first kappa shape index (κ1) is 26.4. The Balaban J connectivity index is 3.09. The minimum atomic E-state index is -4.34. The fraction of sp³-hybridized carbons (Fsp3) is 0.909. The molecule has 0 aliphatic heterocycles. The Morgan fingerprint density at radius 2 is 0.963 bits per heavy atom. The standard InChI is InChI=1S/C22H44O4S/c1-2-3-4-5-6-7-8-9-10-11-12-13-14-15-16-17-18-19-20-21-22-26-27(23,24)25/h21-22H,2-20H2,1H3,(H,23,24,25)/b22-21+. The Kier molecular flexibility index (Phi) is 19.8. The van der Waals surface area contributed by atoms with Crippen LogP contribution in [0.3, 0.4) is 0 Å². The molecule has 1 N–H and O–H groups in total. The van der Waals surface area contributed by atoms with Crippen molar-refractivity contribution in [3.8, 4) is 0 Å². The van der Waals surface area contributed by atoms with Gasteiger partial charge in [0.15, 0.2) is 0 Å². The van der Waals surface area contributed by atoms with E-state index in [0.29, 0.717) is 0 Å². The van der Waals surface area contributed by atoms with Gasteiger partial charge < -0.3 is 4.18 Å². The van der Waals surface area contributed by atoms with Gasteiger partial charge in [0.1, 0.15) is 6.26 Å². The molecular weight excluding hydrogens is 360 g/mol. The molecule has 0 aromatic rings. The predicted molar refractivity (Wildman–Crippen MR) is 115 cm³/mol. The van der Waals surface area contributed by atoms with E-state index in [2.05, 4.69) is 11.1 Å². The van der Waals surface area contributed by atoms with Crippen LogP contribution in [-0.2, 0) is 14.6 Å². The predicted octanol–water partition coefficient (Wildman–Crippen LogP) is 7.75. The maximum atomic E-state index is 10.3. The number of allylic oxidation sites excluding steroid dienone is 1. The molecule has 0 saturated carbocycles. The van der Waals surface area contributed by atoms with Crippen molar-refractivity contribution in [2.45, 2.75) is 129 Å². The van der Waals surface area contributed by atoms with Crippen molar-refractivity contribution in [2.24, 2.45) is 0 Å². The van der Waals surface area contributed by atoms with Gasteiger partial charge in [-0.15, -0.1) is 0 Å². The highest BCUT2D eigenvalue weighted by Crippen LogP contribution is 2.14. The van der Waals surface area contributed by atoms with Crippen molar-refractivity contribution in [3.05, 3.63) is 12.3 Å². The lowest BCUT2D eigenvalue weighted by atomic mass is 10.0. The van der Waals surface area contributed by atoms with Gasteiger partial charge in [-0.05, 0) is 18.9 Å². The molecule has 0 aliphatic carbocycles. The second kappa shape index (κ2) is 20.2. The largest absolute Gasteiger partial charge is 0.445 e. The average molecular weight is 405 g/mol. The summed E-state index contributed by atoms with van der Waals surface area (Å²) in [5.74, 6) is 0. The average Bonchev–Trinajstić information content (AvgIpc) is 2.62. The van der Waals surface area contributed by atoms with E-state index < -0.39 is 10.4 Å². The van der Waals surface area contributed by atoms with Gasteiger partial charge in [-0.2, -0.15) is 8.42 Å². The molecule has 0 aliphatic rings. The van der Waals surface area contributed by atoms with Crippen LogP contribution in [0.5, 0.6) is 0 Å². The molecule has 0 aromatic heterocycles. The van der Waals surface area contributed by atoms with Gasteiger partial charge in [0.2, 0.25) is 0 Å². The van der Waals surface area contributed by atoms with Crippen LogP contribution in [0, 0.1) is 0 Å². The fourth-order valence-electron chi connectivity index (χ4n) is 3.34. The molecule has 162 valence electrons. The molecule has 27 heavy (non-hydrogen) atoms. The molecule has 0 fully saturated rings. The summed E-state index contributed by atoms with van der Waals surface area (Å²) >= 11 is 0. The summed E-state index contributed by atoms with van der Waals surface area (Å²) in [5, 5.41) is 0. The number of unbranched alkanes of at least 4 members (excludes halogenated alkanes) is 18. The van der Waals surface area contributed by atoms with Gasteiger partial charge >= 0.3 is 10.4 Å². The molecular formula is C22H44O4S. The van der Waals surface area contributed by atoms with Crippen molar-refractivity contribution < 1.29 is 17.2 Å². The van der Waals surface area contributed by atoms with Crippen molar-refractivity contribution >= 4 is 10.4 Å². The molecule has 0 unspecified atom stereocenters. The maximum Gasteiger partial charge on any atom is 0.445 e. The maximum absolute atomic E-state index is 10.3. The van der Waals surface area contributed by atoms with Crippen LogP contribution in [0.1, 0.15) is 129 Å². The highest BCUT2D eigenvalue weighted by molar-refractivity contribution is 7.81. The van der Waals surface area contributed by atoms with Crippen LogP contribution >= 0.6 is 0 Å². The van der Waals surface area contributed by atoms with Gasteiger partial charge in [0.25, 0.3) is 0 Å². The molecule has 0 spiro atoms. The van der Waals surface area contributed by atoms with Crippen LogP contribution in [-0.4, -0.2) is 13.0 Å². The monoisotopic (exact) mass is 404 g/mol. The first-order chi connectivity index (χ1) is 13.1. The normalized spacial score (nSPS) is 12.1. The zero-order valence-electron chi connectivity index (χ0n) is 17.7. The second-order valence-corrected chi connectivity index (χ2v) is 8.74. The first-order valence-corrected chi connectivity index (χ1v) is 12.7. The van der Waals surface area contributed by atoms with E-state index in [1.165, 1.54) is 103 Å². The van der Waals surface area contributed by atoms with E-state index in [9.17, 15) is 8.42 Å². The third-order valence-corrected chi connectivity index (χ3v) is 5.35. The summed E-state index contributed by atoms with van der Waals surface area (Å²) in [7, 11) is -4.34. The van der Waals surface area contributed by atoms with E-state index in [1.54, 1.807) is 6.08 Å². The topological polar surface area (TPSA) is 63.6 Å². The SMILES string of the molecule is CCCCCCCCCCCCCCCCCCCC/C=C/OS(=O)(=O)O. The molecule has 0 rings (SSSR count). The Bertz CT molecular complexity index is 418. The molecule has 0 saturated heterocycles. The molecule has 0 amide bonds. The van der Waals surface area contributed by atoms with Gasteiger partial charge in [0.05, 0.1) is 0 Å². The summed E-state index contributed by atoms with van der Waals surface area (Å²) in [6, 6.07) is 0. The van der Waals surface area contributed by atoms with E-state index in [4.69, 9.17) is 4.55 Å². The molecule has 5 heteroatoms. The lowest BCUT2D eigenvalue weighted by Crippen LogP contribution is -1.96. The molecule has 0 radical (unpaired) electrons. The number of hydrogen-bond acceptors (Lipinski definition) is 3. The summed E-state index contributed by atoms with van der Waals surface area (Å²) in [5.41, 5.74) is 0. The zero-order valence-corrected chi connectivity index (χ0v) is 18.5. The Labute approximate surface area is 169 Å². The van der Waals surface area contributed by atoms with E-state index >= 15 is 0 Å². The van der Waals surface area contributed by atoms with E-state index in [1.807, 2.05) is 0 Å². The molecule has 0 heterocycles. The Morgan fingerprint density at radius 3 is 1.30 bits per heavy atom. The van der Waals surface area contributed by atoms with Gasteiger partial charge in [0, 0.05) is 0 Å². The lowest BCUT2D eigenvalue weighted by Gasteiger charge is -2.03. The second-order valence-electron chi connectivity index (χ2n) is 7.69. The van der Waals surface area contributed by atoms with Crippen molar-refractivity contribution in [1.82, 2.24) is 0 Å². The summed E-state index contributed by atoms with van der Waals surface area (Å²) in [4.78, 5) is 0. The molecule has 0 bridgehead atoms. The minimum absolute atomic E-state index is 0.786. The smallest absolute Gasteiger partial charge is 0.370 e. The van der Waals surface area contributed by atoms with Gasteiger partial charge in [-0.1, -0.05) is 116 Å². The highest BCUT2D eigenvalue weighted by Gasteiger charge is 1.98. The van der Waals surface area contributed by atoms with Crippen LogP contribution in [0.4, 0.5) is 0 Å². The van der Waals surface area contributed by atoms with Gasteiger partial charge in [-0.3, -0.25) is 4.55 Å². The summed E-state index contributed by atoms with van der Waals surface area (Å²) in [6.07, 6.45) is 27.9. The molecule has 0 atom stereocenters. The van der Waals surface area contributed by atoms with Crippen molar-refractivity contribution in [3.63, 3.8) is 0 Å². The summed E-state index contributed by atoms with van der Waals surface area (Å²) in [6.45, 7) is 2.27. The summed E-state index contributed by atoms with van der Waals surface area (Å²) < 4.78 is 33.1. The van der Waals surface area contributed by atoms with Crippen LogP contribution in [0.15, 0.2) is 12.3 Å². The first-order valence-electron chi connectivity index (χ1n) is 11.4. The third-order valence-electron chi connectivity index (χ3n) is 5.00. The zero-order chi connectivity index (χ0) is 20.1. The van der Waals surface area contributed by atoms with Crippen LogP contribution < -0.4 is 0 Å². The highest BCUT2D eigenvalue weighted by atomic mass is 32.3. The minimum Gasteiger partial charge on any atom is -0.370 e. The van der Waals surface area contributed by atoms with Gasteiger partial charge in [-0.25, -0.2) is 0 Å². The fourth-order valence-corrected chi connectivity index (χ4v) is 3.56. The number of hydrogen-bond donors (Lipinski definition) is 1. The van der Waals surface area contributed by atoms with E-state index in [-0.39, 0.29) is 0 Å². The van der Waals surface area contributed by atoms with E-state index in [0.717, 1.165) is 25.5 Å². The molecule has 4 nitrogen and oxygen atoms in total.